The Labute approximate surface area is 218 Å². The Kier molecular flexibility index (Phi) is 6.41. The first-order valence-corrected chi connectivity index (χ1v) is 11.9. The Balaban J connectivity index is 1.45. The van der Waals surface area contributed by atoms with Crippen molar-refractivity contribution in [3.05, 3.63) is 92.6 Å². The molecule has 6 nitrogen and oxygen atoms in total. The molecule has 1 aliphatic heterocycles. The predicted octanol–water partition coefficient (Wildman–Crippen LogP) is 6.48. The topological polar surface area (TPSA) is 74.7 Å². The molecule has 2 aromatic heterocycles. The zero-order valence-electron chi connectivity index (χ0n) is 19.2. The first-order chi connectivity index (χ1) is 17.5. The molecule has 0 radical (unpaired) electrons. The van der Waals surface area contributed by atoms with E-state index in [-0.39, 0.29) is 33.8 Å². The van der Waals surface area contributed by atoms with Gasteiger partial charge in [0.05, 0.1) is 15.6 Å². The average Bonchev–Trinajstić information content (AvgIpc) is 3.43. The van der Waals surface area contributed by atoms with Gasteiger partial charge in [-0.05, 0) is 54.8 Å². The molecule has 0 fully saturated rings. The minimum Gasteiger partial charge on any atom is -0.361 e. The number of aromatic nitrogens is 3. The summed E-state index contributed by atoms with van der Waals surface area (Å²) in [5, 5.41) is 10.8. The van der Waals surface area contributed by atoms with E-state index in [1.807, 2.05) is 0 Å². The highest BCUT2D eigenvalue weighted by molar-refractivity contribution is 6.42. The monoisotopic (exact) mass is 551 g/mol. The number of benzene rings is 2. The van der Waals surface area contributed by atoms with Gasteiger partial charge in [0.2, 0.25) is 0 Å². The lowest BCUT2D eigenvalue weighted by Crippen LogP contribution is -2.35. The second-order valence-corrected chi connectivity index (χ2v) is 9.42. The van der Waals surface area contributed by atoms with Crippen molar-refractivity contribution in [1.29, 1.82) is 0 Å². The maximum absolute atomic E-state index is 13.5. The number of fused-ring (bicyclic) bond motifs is 2. The standard InChI is InChI=1S/C25H19Cl2F4N5O/c1-12-22(24(37)32-7-6-14-11-33-19-9-15(28)3-4-16(14)19)23(13-2-5-17(26)18(27)8-13)36-21(34-12)10-20(35-36)25(29,30)31/h2-5,8-11,23,33-34H,6-7H2,1H3,(H,32,37). The van der Waals surface area contributed by atoms with Crippen molar-refractivity contribution in [2.75, 3.05) is 11.9 Å². The summed E-state index contributed by atoms with van der Waals surface area (Å²) >= 11 is 12.2. The number of halogens is 6. The van der Waals surface area contributed by atoms with Crippen LogP contribution in [-0.4, -0.2) is 27.2 Å². The lowest BCUT2D eigenvalue weighted by molar-refractivity contribution is -0.141. The Hall–Kier alpha value is -3.50. The number of allylic oxidation sites excluding steroid dienone is 1. The van der Waals surface area contributed by atoms with Gasteiger partial charge in [0.25, 0.3) is 5.91 Å². The number of hydrogen-bond donors (Lipinski definition) is 3. The molecule has 1 unspecified atom stereocenters. The van der Waals surface area contributed by atoms with Crippen LogP contribution in [0.3, 0.4) is 0 Å². The maximum Gasteiger partial charge on any atom is 0.435 e. The molecule has 1 atom stereocenters. The quantitative estimate of drug-likeness (QED) is 0.248. The van der Waals surface area contributed by atoms with Crippen LogP contribution >= 0.6 is 23.2 Å². The molecule has 1 aliphatic rings. The van der Waals surface area contributed by atoms with E-state index >= 15 is 0 Å². The molecule has 2 aromatic carbocycles. The number of amides is 1. The second-order valence-electron chi connectivity index (χ2n) is 8.61. The number of anilines is 1. The van der Waals surface area contributed by atoms with Gasteiger partial charge in [0, 0.05) is 35.4 Å². The number of rotatable bonds is 5. The number of nitrogens with one attached hydrogen (secondary N) is 3. The van der Waals surface area contributed by atoms with Crippen LogP contribution in [0.4, 0.5) is 23.4 Å². The van der Waals surface area contributed by atoms with E-state index in [1.54, 1.807) is 25.3 Å². The minimum absolute atomic E-state index is 0.0865. The van der Waals surface area contributed by atoms with Crippen molar-refractivity contribution >= 4 is 45.8 Å². The Morgan fingerprint density at radius 2 is 1.92 bits per heavy atom. The third kappa shape index (κ3) is 4.78. The van der Waals surface area contributed by atoms with Crippen LogP contribution in [0.2, 0.25) is 10.0 Å². The van der Waals surface area contributed by atoms with E-state index in [1.165, 1.54) is 24.3 Å². The molecule has 0 aliphatic carbocycles. The fourth-order valence-corrected chi connectivity index (χ4v) is 4.77. The fraction of sp³-hybridized carbons (Fsp3) is 0.200. The largest absolute Gasteiger partial charge is 0.435 e. The van der Waals surface area contributed by atoms with Gasteiger partial charge in [-0.2, -0.15) is 18.3 Å². The SMILES string of the molecule is CC1=C(C(=O)NCCc2c[nH]c3cc(F)ccc23)C(c2ccc(Cl)c(Cl)c2)n2nc(C(F)(F)F)cc2N1. The molecule has 5 rings (SSSR count). The number of hydrogen-bond acceptors (Lipinski definition) is 3. The highest BCUT2D eigenvalue weighted by Gasteiger charge is 2.39. The van der Waals surface area contributed by atoms with Gasteiger partial charge in [-0.3, -0.25) is 4.79 Å². The van der Waals surface area contributed by atoms with Gasteiger partial charge < -0.3 is 15.6 Å². The summed E-state index contributed by atoms with van der Waals surface area (Å²) in [7, 11) is 0. The number of carbonyl (C=O) groups is 1. The number of aromatic amines is 1. The molecule has 0 saturated carbocycles. The van der Waals surface area contributed by atoms with Crippen molar-refractivity contribution in [2.45, 2.75) is 25.6 Å². The second kappa shape index (κ2) is 9.42. The van der Waals surface area contributed by atoms with Crippen molar-refractivity contribution in [2.24, 2.45) is 0 Å². The molecule has 37 heavy (non-hydrogen) atoms. The van der Waals surface area contributed by atoms with Crippen LogP contribution in [0.5, 0.6) is 0 Å². The van der Waals surface area contributed by atoms with Crippen molar-refractivity contribution < 1.29 is 22.4 Å². The number of H-pyrrole nitrogens is 1. The average molecular weight is 552 g/mol. The zero-order chi connectivity index (χ0) is 26.5. The van der Waals surface area contributed by atoms with E-state index in [2.05, 4.69) is 20.7 Å². The Morgan fingerprint density at radius 1 is 1.14 bits per heavy atom. The summed E-state index contributed by atoms with van der Waals surface area (Å²) in [6, 6.07) is 8.92. The maximum atomic E-state index is 13.5. The molecule has 0 spiro atoms. The van der Waals surface area contributed by atoms with Gasteiger partial charge in [-0.15, -0.1) is 0 Å². The molecular formula is C25H19Cl2F4N5O. The van der Waals surface area contributed by atoms with E-state index < -0.39 is 23.8 Å². The lowest BCUT2D eigenvalue weighted by Gasteiger charge is -2.30. The molecular weight excluding hydrogens is 533 g/mol. The number of nitrogens with zero attached hydrogens (tertiary/aromatic N) is 2. The fourth-order valence-electron chi connectivity index (χ4n) is 4.47. The van der Waals surface area contributed by atoms with Gasteiger partial charge in [0.1, 0.15) is 17.7 Å². The van der Waals surface area contributed by atoms with Crippen LogP contribution in [0.15, 0.2) is 59.9 Å². The van der Waals surface area contributed by atoms with E-state index in [9.17, 15) is 22.4 Å². The summed E-state index contributed by atoms with van der Waals surface area (Å²) < 4.78 is 54.9. The predicted molar refractivity (Wildman–Crippen MR) is 133 cm³/mol. The molecule has 3 N–H and O–H groups in total. The Bertz CT molecular complexity index is 1560. The first-order valence-electron chi connectivity index (χ1n) is 11.2. The molecule has 0 saturated heterocycles. The van der Waals surface area contributed by atoms with Crippen LogP contribution in [0.25, 0.3) is 10.9 Å². The van der Waals surface area contributed by atoms with E-state index in [0.717, 1.165) is 21.7 Å². The van der Waals surface area contributed by atoms with E-state index in [0.29, 0.717) is 23.2 Å². The minimum atomic E-state index is -4.67. The molecule has 3 heterocycles. The zero-order valence-corrected chi connectivity index (χ0v) is 20.7. The number of alkyl halides is 3. The highest BCUT2D eigenvalue weighted by Crippen LogP contribution is 2.40. The molecule has 0 bridgehead atoms. The van der Waals surface area contributed by atoms with Gasteiger partial charge >= 0.3 is 6.18 Å². The van der Waals surface area contributed by atoms with E-state index in [4.69, 9.17) is 23.2 Å². The first kappa shape index (κ1) is 25.2. The molecule has 4 aromatic rings. The third-order valence-corrected chi connectivity index (χ3v) is 6.92. The van der Waals surface area contributed by atoms with Crippen molar-refractivity contribution in [3.63, 3.8) is 0 Å². The summed E-state index contributed by atoms with van der Waals surface area (Å²) in [6.45, 7) is 1.84. The van der Waals surface area contributed by atoms with Crippen LogP contribution in [-0.2, 0) is 17.4 Å². The van der Waals surface area contributed by atoms with Crippen LogP contribution in [0.1, 0.15) is 29.8 Å². The van der Waals surface area contributed by atoms with Crippen LogP contribution < -0.4 is 10.6 Å². The number of carbonyl (C=O) groups excluding carboxylic acids is 1. The van der Waals surface area contributed by atoms with Crippen LogP contribution in [0, 0.1) is 5.82 Å². The van der Waals surface area contributed by atoms with Gasteiger partial charge in [-0.1, -0.05) is 29.3 Å². The van der Waals surface area contributed by atoms with Gasteiger partial charge in [-0.25, -0.2) is 9.07 Å². The molecule has 1 amide bonds. The van der Waals surface area contributed by atoms with Crippen molar-refractivity contribution in [3.8, 4) is 0 Å². The molecule has 192 valence electrons. The highest BCUT2D eigenvalue weighted by atomic mass is 35.5. The smallest absolute Gasteiger partial charge is 0.361 e. The van der Waals surface area contributed by atoms with Crippen molar-refractivity contribution in [1.82, 2.24) is 20.1 Å². The Morgan fingerprint density at radius 3 is 2.65 bits per heavy atom. The summed E-state index contributed by atoms with van der Waals surface area (Å²) in [5.74, 6) is -0.758. The third-order valence-electron chi connectivity index (χ3n) is 6.18. The lowest BCUT2D eigenvalue weighted by atomic mass is 9.94. The summed E-state index contributed by atoms with van der Waals surface area (Å²) in [5.41, 5.74) is 1.43. The van der Waals surface area contributed by atoms with Gasteiger partial charge in [0.15, 0.2) is 5.69 Å². The normalized spacial score (nSPS) is 15.6. The summed E-state index contributed by atoms with van der Waals surface area (Å²) in [6.07, 6.45) is -2.48. The summed E-state index contributed by atoms with van der Waals surface area (Å²) in [4.78, 5) is 16.4. The molecule has 12 heteroatoms.